The van der Waals surface area contributed by atoms with E-state index in [0.717, 1.165) is 19.3 Å². The van der Waals surface area contributed by atoms with Gasteiger partial charge in [-0.05, 0) is 43.4 Å². The van der Waals surface area contributed by atoms with E-state index in [0.29, 0.717) is 31.1 Å². The number of likely N-dealkylation sites (tertiary alicyclic amines) is 1. The zero-order valence-electron chi connectivity index (χ0n) is 15.3. The van der Waals surface area contributed by atoms with Gasteiger partial charge in [-0.3, -0.25) is 4.79 Å². The molecule has 1 aliphatic carbocycles. The van der Waals surface area contributed by atoms with Crippen molar-refractivity contribution < 1.29 is 17.9 Å². The molecule has 1 aromatic carbocycles. The van der Waals surface area contributed by atoms with E-state index in [9.17, 15) is 13.2 Å². The molecule has 1 N–H and O–H groups in total. The van der Waals surface area contributed by atoms with Crippen LogP contribution in [0.5, 0.6) is 0 Å². The first-order chi connectivity index (χ1) is 12.5. The molecule has 7 heteroatoms. The van der Waals surface area contributed by atoms with Gasteiger partial charge in [-0.1, -0.05) is 25.3 Å². The van der Waals surface area contributed by atoms with Gasteiger partial charge in [-0.15, -0.1) is 0 Å². The number of ether oxygens (including phenoxy) is 1. The van der Waals surface area contributed by atoms with Gasteiger partial charge in [0.15, 0.2) is 0 Å². The monoisotopic (exact) mass is 380 g/mol. The largest absolute Gasteiger partial charge is 0.380 e. The van der Waals surface area contributed by atoms with Crippen molar-refractivity contribution in [2.24, 2.45) is 5.92 Å². The van der Waals surface area contributed by atoms with Crippen molar-refractivity contribution in [3.05, 3.63) is 29.8 Å². The number of hydrogen-bond donors (Lipinski definition) is 1. The normalized spacial score (nSPS) is 21.9. The van der Waals surface area contributed by atoms with Crippen molar-refractivity contribution in [2.75, 3.05) is 26.7 Å². The Morgan fingerprint density at radius 3 is 2.69 bits per heavy atom. The maximum absolute atomic E-state index is 12.6. The molecule has 1 saturated heterocycles. The predicted octanol–water partition coefficient (Wildman–Crippen LogP) is 2.41. The fourth-order valence-corrected chi connectivity index (χ4v) is 4.95. The average Bonchev–Trinajstić information content (AvgIpc) is 3.16. The lowest BCUT2D eigenvalue weighted by Gasteiger charge is -2.21. The van der Waals surface area contributed by atoms with Crippen LogP contribution in [0.25, 0.3) is 0 Å². The molecule has 0 radical (unpaired) electrons. The number of hydrogen-bond acceptors (Lipinski definition) is 4. The van der Waals surface area contributed by atoms with Gasteiger partial charge in [0, 0.05) is 32.3 Å². The number of carbonyl (C=O) groups is 1. The van der Waals surface area contributed by atoms with Gasteiger partial charge in [-0.25, -0.2) is 13.1 Å². The van der Waals surface area contributed by atoms with Crippen LogP contribution in [0, 0.1) is 5.92 Å². The fraction of sp³-hybridized carbons (Fsp3) is 0.632. The number of amides is 1. The van der Waals surface area contributed by atoms with Gasteiger partial charge in [0.25, 0.3) is 5.91 Å². The zero-order valence-corrected chi connectivity index (χ0v) is 16.1. The van der Waals surface area contributed by atoms with E-state index < -0.39 is 10.0 Å². The van der Waals surface area contributed by atoms with E-state index in [1.54, 1.807) is 30.2 Å². The van der Waals surface area contributed by atoms with Crippen LogP contribution >= 0.6 is 0 Å². The molecule has 0 bridgehead atoms. The minimum atomic E-state index is -3.60. The lowest BCUT2D eigenvalue weighted by atomic mass is 9.90. The van der Waals surface area contributed by atoms with E-state index in [2.05, 4.69) is 4.72 Å². The van der Waals surface area contributed by atoms with Gasteiger partial charge in [0.2, 0.25) is 10.0 Å². The summed E-state index contributed by atoms with van der Waals surface area (Å²) in [4.78, 5) is 14.5. The molecule has 26 heavy (non-hydrogen) atoms. The van der Waals surface area contributed by atoms with Crippen LogP contribution in [0.1, 0.15) is 48.9 Å². The van der Waals surface area contributed by atoms with Gasteiger partial charge in [0.05, 0.1) is 11.0 Å². The third kappa shape index (κ3) is 4.64. The average molecular weight is 381 g/mol. The number of sulfonamides is 1. The standard InChI is InChI=1S/C19H28N2O4S/c1-25-17-10-11-21(14-17)19(22)16-8-5-9-18(12-16)26(23,24)20-13-15-6-3-2-4-7-15/h5,8-9,12,15,17,20H,2-4,6-7,10-11,13-14H2,1H3/t17-/m1/s1. The number of nitrogens with one attached hydrogen (secondary N) is 1. The maximum Gasteiger partial charge on any atom is 0.253 e. The van der Waals surface area contributed by atoms with Crippen molar-refractivity contribution in [1.82, 2.24) is 9.62 Å². The van der Waals surface area contributed by atoms with Crippen molar-refractivity contribution in [2.45, 2.75) is 49.5 Å². The molecule has 1 amide bonds. The Labute approximate surface area is 156 Å². The molecule has 0 spiro atoms. The van der Waals surface area contributed by atoms with Crippen molar-refractivity contribution >= 4 is 15.9 Å². The first kappa shape index (κ1) is 19.3. The quantitative estimate of drug-likeness (QED) is 0.822. The van der Waals surface area contributed by atoms with Crippen molar-refractivity contribution in [3.8, 4) is 0 Å². The molecule has 1 aromatic rings. The third-order valence-electron chi connectivity index (χ3n) is 5.44. The summed E-state index contributed by atoms with van der Waals surface area (Å²) >= 11 is 0. The Balaban J connectivity index is 1.66. The van der Waals surface area contributed by atoms with E-state index in [4.69, 9.17) is 4.74 Å². The highest BCUT2D eigenvalue weighted by atomic mass is 32.2. The summed E-state index contributed by atoms with van der Waals surface area (Å²) in [6.45, 7) is 1.66. The number of nitrogens with zero attached hydrogens (tertiary/aromatic N) is 1. The van der Waals surface area contributed by atoms with Crippen LogP contribution in [0.3, 0.4) is 0 Å². The summed E-state index contributed by atoms with van der Waals surface area (Å²) in [5, 5.41) is 0. The predicted molar refractivity (Wildman–Crippen MR) is 99.5 cm³/mol. The highest BCUT2D eigenvalue weighted by Crippen LogP contribution is 2.23. The van der Waals surface area contributed by atoms with Crippen LogP contribution in [-0.4, -0.2) is 52.1 Å². The Morgan fingerprint density at radius 1 is 1.23 bits per heavy atom. The Bertz CT molecular complexity index is 729. The second kappa shape index (κ2) is 8.50. The Kier molecular flexibility index (Phi) is 6.32. The Hall–Kier alpha value is -1.44. The lowest BCUT2D eigenvalue weighted by molar-refractivity contribution is 0.0724. The molecule has 1 aliphatic heterocycles. The molecule has 1 saturated carbocycles. The molecule has 2 fully saturated rings. The maximum atomic E-state index is 12.6. The molecule has 0 aromatic heterocycles. The topological polar surface area (TPSA) is 75.7 Å². The van der Waals surface area contributed by atoms with E-state index in [1.807, 2.05) is 0 Å². The first-order valence-corrected chi connectivity index (χ1v) is 10.9. The number of methoxy groups -OCH3 is 1. The molecule has 1 atom stereocenters. The summed E-state index contributed by atoms with van der Waals surface area (Å²) in [7, 11) is -1.96. The van der Waals surface area contributed by atoms with Crippen molar-refractivity contribution in [1.29, 1.82) is 0 Å². The third-order valence-corrected chi connectivity index (χ3v) is 6.86. The minimum Gasteiger partial charge on any atom is -0.380 e. The molecule has 2 aliphatic rings. The highest BCUT2D eigenvalue weighted by Gasteiger charge is 2.27. The Morgan fingerprint density at radius 2 is 2.00 bits per heavy atom. The van der Waals surface area contributed by atoms with Gasteiger partial charge in [-0.2, -0.15) is 0 Å². The number of rotatable bonds is 6. The van der Waals surface area contributed by atoms with Gasteiger partial charge in [0.1, 0.15) is 0 Å². The molecule has 0 unspecified atom stereocenters. The summed E-state index contributed by atoms with van der Waals surface area (Å²) in [6, 6.07) is 6.32. The van der Waals surface area contributed by atoms with Crippen molar-refractivity contribution in [3.63, 3.8) is 0 Å². The molecular formula is C19H28N2O4S. The highest BCUT2D eigenvalue weighted by molar-refractivity contribution is 7.89. The molecular weight excluding hydrogens is 352 g/mol. The molecule has 144 valence electrons. The van der Waals surface area contributed by atoms with E-state index >= 15 is 0 Å². The van der Waals surface area contributed by atoms with Crippen LogP contribution in [0.4, 0.5) is 0 Å². The van der Waals surface area contributed by atoms with Gasteiger partial charge < -0.3 is 9.64 Å². The summed E-state index contributed by atoms with van der Waals surface area (Å²) in [5.41, 5.74) is 0.405. The molecule has 3 rings (SSSR count). The second-order valence-electron chi connectivity index (χ2n) is 7.28. The summed E-state index contributed by atoms with van der Waals surface area (Å²) in [6.07, 6.45) is 6.62. The van der Waals surface area contributed by atoms with Gasteiger partial charge >= 0.3 is 0 Å². The summed E-state index contributed by atoms with van der Waals surface area (Å²) in [5.74, 6) is 0.271. The van der Waals surface area contributed by atoms with Crippen LogP contribution in [0.2, 0.25) is 0 Å². The fourth-order valence-electron chi connectivity index (χ4n) is 3.79. The number of benzene rings is 1. The summed E-state index contributed by atoms with van der Waals surface area (Å²) < 4.78 is 33.2. The second-order valence-corrected chi connectivity index (χ2v) is 9.05. The van der Waals surface area contributed by atoms with Crippen LogP contribution in [0.15, 0.2) is 29.2 Å². The van der Waals surface area contributed by atoms with Crippen LogP contribution < -0.4 is 4.72 Å². The molecule has 6 nitrogen and oxygen atoms in total. The minimum absolute atomic E-state index is 0.0584. The lowest BCUT2D eigenvalue weighted by Crippen LogP contribution is -2.31. The number of carbonyl (C=O) groups excluding carboxylic acids is 1. The van der Waals surface area contributed by atoms with E-state index in [1.165, 1.54) is 25.3 Å². The zero-order chi connectivity index (χ0) is 18.6. The first-order valence-electron chi connectivity index (χ1n) is 9.41. The SMILES string of the molecule is CO[C@@H]1CCN(C(=O)c2cccc(S(=O)(=O)NCC3CCCCC3)c2)C1. The molecule has 1 heterocycles. The van der Waals surface area contributed by atoms with Crippen LogP contribution in [-0.2, 0) is 14.8 Å². The smallest absolute Gasteiger partial charge is 0.253 e. The van der Waals surface area contributed by atoms with E-state index in [-0.39, 0.29) is 16.9 Å².